The number of piperidine rings is 1. The van der Waals surface area contributed by atoms with Gasteiger partial charge >= 0.3 is 0 Å². The minimum Gasteiger partial charge on any atom is -0.361 e. The summed E-state index contributed by atoms with van der Waals surface area (Å²) in [7, 11) is 0. The number of aryl methyl sites for hydroxylation is 2. The first-order chi connectivity index (χ1) is 8.50. The molecule has 18 heavy (non-hydrogen) atoms. The van der Waals surface area contributed by atoms with Crippen molar-refractivity contribution in [3.05, 3.63) is 17.0 Å². The van der Waals surface area contributed by atoms with Crippen molar-refractivity contribution >= 4 is 5.91 Å². The number of rotatable bonds is 2. The van der Waals surface area contributed by atoms with Crippen molar-refractivity contribution < 1.29 is 9.32 Å². The van der Waals surface area contributed by atoms with Gasteiger partial charge in [-0.3, -0.25) is 4.79 Å². The van der Waals surface area contributed by atoms with Crippen LogP contribution in [0.4, 0.5) is 0 Å². The van der Waals surface area contributed by atoms with E-state index in [0.29, 0.717) is 0 Å². The van der Waals surface area contributed by atoms with Crippen molar-refractivity contribution in [1.29, 1.82) is 0 Å². The first-order valence-electron chi connectivity index (χ1n) is 6.72. The van der Waals surface area contributed by atoms with E-state index < -0.39 is 0 Å². The summed E-state index contributed by atoms with van der Waals surface area (Å²) in [5.74, 6) is 1.56. The van der Waals surface area contributed by atoms with Gasteiger partial charge in [0.2, 0.25) is 5.91 Å². The summed E-state index contributed by atoms with van der Waals surface area (Å²) in [6, 6.07) is 0. The fourth-order valence-corrected chi connectivity index (χ4v) is 2.73. The van der Waals surface area contributed by atoms with E-state index >= 15 is 0 Å². The van der Waals surface area contributed by atoms with Gasteiger partial charge in [0.25, 0.3) is 0 Å². The zero-order chi connectivity index (χ0) is 13.3. The monoisotopic (exact) mass is 250 g/mol. The molecule has 0 saturated carbocycles. The fraction of sp³-hybridized carbons (Fsp3) is 0.714. The van der Waals surface area contributed by atoms with Crippen LogP contribution >= 0.6 is 0 Å². The zero-order valence-corrected chi connectivity index (χ0v) is 11.7. The van der Waals surface area contributed by atoms with Crippen molar-refractivity contribution in [2.45, 2.75) is 46.5 Å². The van der Waals surface area contributed by atoms with Gasteiger partial charge in [0.05, 0.1) is 11.6 Å². The number of likely N-dealkylation sites (tertiary alicyclic amines) is 1. The van der Waals surface area contributed by atoms with E-state index in [0.717, 1.165) is 48.9 Å². The van der Waals surface area contributed by atoms with Crippen molar-refractivity contribution in [3.63, 3.8) is 0 Å². The molecule has 1 unspecified atom stereocenters. The van der Waals surface area contributed by atoms with Gasteiger partial charge in [0, 0.05) is 18.7 Å². The van der Waals surface area contributed by atoms with Crippen LogP contribution in [-0.2, 0) is 4.79 Å². The maximum absolute atomic E-state index is 12.5. The fourth-order valence-electron chi connectivity index (χ4n) is 2.73. The molecule has 4 heteroatoms. The van der Waals surface area contributed by atoms with E-state index in [1.54, 1.807) is 0 Å². The average Bonchev–Trinajstić information content (AvgIpc) is 2.68. The Labute approximate surface area is 108 Å². The van der Waals surface area contributed by atoms with Crippen LogP contribution in [0.3, 0.4) is 0 Å². The molecular weight excluding hydrogens is 228 g/mol. The van der Waals surface area contributed by atoms with Gasteiger partial charge in [-0.15, -0.1) is 0 Å². The van der Waals surface area contributed by atoms with Gasteiger partial charge < -0.3 is 9.42 Å². The Morgan fingerprint density at radius 1 is 1.39 bits per heavy atom. The number of nitrogens with zero attached hydrogens (tertiary/aromatic N) is 2. The Kier molecular flexibility index (Phi) is 3.73. The Bertz CT molecular complexity index is 412. The van der Waals surface area contributed by atoms with Crippen LogP contribution in [0.15, 0.2) is 4.52 Å². The molecule has 1 fully saturated rings. The minimum absolute atomic E-state index is 0.148. The highest BCUT2D eigenvalue weighted by atomic mass is 16.5. The first-order valence-corrected chi connectivity index (χ1v) is 6.72. The lowest BCUT2D eigenvalue weighted by Crippen LogP contribution is -2.40. The summed E-state index contributed by atoms with van der Waals surface area (Å²) < 4.78 is 5.15. The number of carbonyl (C=O) groups is 1. The van der Waals surface area contributed by atoms with Gasteiger partial charge in [0.1, 0.15) is 5.76 Å². The molecule has 1 saturated heterocycles. The quantitative estimate of drug-likeness (QED) is 0.810. The molecule has 0 bridgehead atoms. The Morgan fingerprint density at radius 3 is 2.50 bits per heavy atom. The molecule has 1 atom stereocenters. The second-order valence-corrected chi connectivity index (χ2v) is 5.47. The van der Waals surface area contributed by atoms with E-state index in [1.165, 1.54) is 0 Å². The van der Waals surface area contributed by atoms with Crippen molar-refractivity contribution in [1.82, 2.24) is 10.1 Å². The highest BCUT2D eigenvalue weighted by molar-refractivity contribution is 5.83. The van der Waals surface area contributed by atoms with Crippen LogP contribution in [0.1, 0.15) is 49.6 Å². The largest absolute Gasteiger partial charge is 0.361 e. The normalized spacial score (nSPS) is 19.0. The number of carbonyl (C=O) groups excluding carboxylic acids is 1. The molecule has 0 aromatic carbocycles. The highest BCUT2D eigenvalue weighted by Crippen LogP contribution is 2.26. The van der Waals surface area contributed by atoms with Crippen LogP contribution in [-0.4, -0.2) is 29.1 Å². The summed E-state index contributed by atoms with van der Waals surface area (Å²) in [6.07, 6.45) is 2.22. The molecule has 1 aliphatic rings. The van der Waals surface area contributed by atoms with Crippen LogP contribution in [0, 0.1) is 19.8 Å². The van der Waals surface area contributed by atoms with E-state index in [1.807, 2.05) is 25.7 Å². The minimum atomic E-state index is -0.148. The third-order valence-electron chi connectivity index (χ3n) is 3.99. The second kappa shape index (κ2) is 5.12. The molecule has 2 heterocycles. The van der Waals surface area contributed by atoms with E-state index in [9.17, 15) is 4.79 Å². The summed E-state index contributed by atoms with van der Waals surface area (Å²) in [6.45, 7) is 9.74. The first kappa shape index (κ1) is 13.1. The van der Waals surface area contributed by atoms with Gasteiger partial charge in [-0.2, -0.15) is 0 Å². The third kappa shape index (κ3) is 2.42. The molecule has 0 radical (unpaired) electrons. The Balaban J connectivity index is 2.09. The van der Waals surface area contributed by atoms with Crippen LogP contribution in [0.25, 0.3) is 0 Å². The molecule has 4 nitrogen and oxygen atoms in total. The van der Waals surface area contributed by atoms with Gasteiger partial charge in [-0.05, 0) is 39.5 Å². The third-order valence-corrected chi connectivity index (χ3v) is 3.99. The summed E-state index contributed by atoms with van der Waals surface area (Å²) in [5.41, 5.74) is 1.79. The van der Waals surface area contributed by atoms with Crippen molar-refractivity contribution in [2.24, 2.45) is 5.92 Å². The summed E-state index contributed by atoms with van der Waals surface area (Å²) in [4.78, 5) is 14.4. The lowest BCUT2D eigenvalue weighted by atomic mass is 9.94. The molecule has 1 aliphatic heterocycles. The lowest BCUT2D eigenvalue weighted by molar-refractivity contribution is -0.133. The van der Waals surface area contributed by atoms with E-state index in [2.05, 4.69) is 12.1 Å². The van der Waals surface area contributed by atoms with E-state index in [4.69, 9.17) is 4.52 Å². The molecule has 0 aliphatic carbocycles. The molecule has 1 aromatic heterocycles. The number of hydrogen-bond donors (Lipinski definition) is 0. The molecule has 2 rings (SSSR count). The van der Waals surface area contributed by atoms with Crippen LogP contribution in [0.2, 0.25) is 0 Å². The standard InChI is InChI=1S/C14H22N2O2/c1-9-5-7-16(8-6-9)14(17)10(2)13-11(3)15-18-12(13)4/h9-10H,5-8H2,1-4H3. The lowest BCUT2D eigenvalue weighted by Gasteiger charge is -2.32. The number of hydrogen-bond acceptors (Lipinski definition) is 3. The summed E-state index contributed by atoms with van der Waals surface area (Å²) >= 11 is 0. The molecule has 1 amide bonds. The van der Waals surface area contributed by atoms with Crippen LogP contribution < -0.4 is 0 Å². The molecule has 0 N–H and O–H groups in total. The maximum Gasteiger partial charge on any atom is 0.230 e. The molecule has 1 aromatic rings. The van der Waals surface area contributed by atoms with Crippen molar-refractivity contribution in [3.8, 4) is 0 Å². The predicted octanol–water partition coefficient (Wildman–Crippen LogP) is 2.65. The predicted molar refractivity (Wildman–Crippen MR) is 69.4 cm³/mol. The summed E-state index contributed by atoms with van der Waals surface area (Å²) in [5, 5.41) is 3.93. The zero-order valence-electron chi connectivity index (χ0n) is 11.7. The van der Waals surface area contributed by atoms with Crippen molar-refractivity contribution in [2.75, 3.05) is 13.1 Å². The highest BCUT2D eigenvalue weighted by Gasteiger charge is 2.28. The maximum atomic E-state index is 12.5. The molecule has 100 valence electrons. The Morgan fingerprint density at radius 2 is 2.00 bits per heavy atom. The Hall–Kier alpha value is -1.32. The number of amides is 1. The average molecular weight is 250 g/mol. The number of aromatic nitrogens is 1. The van der Waals surface area contributed by atoms with E-state index in [-0.39, 0.29) is 11.8 Å². The second-order valence-electron chi connectivity index (χ2n) is 5.47. The topological polar surface area (TPSA) is 46.3 Å². The smallest absolute Gasteiger partial charge is 0.230 e. The van der Waals surface area contributed by atoms with Gasteiger partial charge in [-0.1, -0.05) is 12.1 Å². The SMILES string of the molecule is Cc1noc(C)c1C(C)C(=O)N1CCC(C)CC1. The van der Waals surface area contributed by atoms with Gasteiger partial charge in [0.15, 0.2) is 0 Å². The molecule has 0 spiro atoms. The molecular formula is C14H22N2O2. The van der Waals surface area contributed by atoms with Gasteiger partial charge in [-0.25, -0.2) is 0 Å². The van der Waals surface area contributed by atoms with Crippen LogP contribution in [0.5, 0.6) is 0 Å².